The van der Waals surface area contributed by atoms with Crippen molar-refractivity contribution < 1.29 is 4.79 Å². The second-order valence-corrected chi connectivity index (χ2v) is 13.7. The Morgan fingerprint density at radius 1 is 0.735 bits per heavy atom. The molecule has 0 aromatic heterocycles. The number of nitrogens with zero attached hydrogens (tertiary/aromatic N) is 4. The summed E-state index contributed by atoms with van der Waals surface area (Å²) in [5.41, 5.74) is -0.606. The zero-order valence-corrected chi connectivity index (χ0v) is 23.3. The van der Waals surface area contributed by atoms with Crippen LogP contribution in [0.2, 0.25) is 0 Å². The average Bonchev–Trinajstić information content (AvgIpc) is 3.61. The fourth-order valence-electron chi connectivity index (χ4n) is 4.26. The first-order chi connectivity index (χ1) is 16.1. The minimum Gasteiger partial charge on any atom is -0.357 e. The second-order valence-electron chi connectivity index (χ2n) is 9.86. The van der Waals surface area contributed by atoms with E-state index in [0.29, 0.717) is 5.75 Å². The van der Waals surface area contributed by atoms with Gasteiger partial charge < -0.3 is 5.32 Å². The van der Waals surface area contributed by atoms with Gasteiger partial charge in [-0.1, -0.05) is 30.3 Å². The Hall–Kier alpha value is -1.23. The zero-order chi connectivity index (χ0) is 24.2. The van der Waals surface area contributed by atoms with Crippen LogP contribution in [0.1, 0.15) is 33.3 Å². The van der Waals surface area contributed by atoms with Gasteiger partial charge in [0.15, 0.2) is 0 Å². The Kier molecular flexibility index (Phi) is 6.27. The molecule has 4 heterocycles. The van der Waals surface area contributed by atoms with Crippen LogP contribution in [0, 0.1) is 0 Å². The van der Waals surface area contributed by atoms with Crippen LogP contribution in [-0.4, -0.2) is 78.3 Å². The number of hydrogen-bond donors (Lipinski definition) is 1. The minimum atomic E-state index is -0.720. The van der Waals surface area contributed by atoms with Crippen LogP contribution in [0.5, 0.6) is 0 Å². The molecule has 4 aliphatic heterocycles. The molecule has 0 saturated heterocycles. The summed E-state index contributed by atoms with van der Waals surface area (Å²) in [5, 5.41) is 6.96. The van der Waals surface area contributed by atoms with Crippen molar-refractivity contribution in [1.29, 1.82) is 0 Å². The molecular weight excluding hydrogens is 503 g/mol. The molecule has 0 radical (unpaired) electrons. The minimum absolute atomic E-state index is 0.0417. The summed E-state index contributed by atoms with van der Waals surface area (Å²) in [6.45, 7) is 8.43. The predicted octanol–water partition coefficient (Wildman–Crippen LogP) is 4.40. The van der Waals surface area contributed by atoms with E-state index < -0.39 is 11.1 Å². The number of benzene rings is 1. The summed E-state index contributed by atoms with van der Waals surface area (Å²) in [7, 11) is 1.67. The van der Waals surface area contributed by atoms with Gasteiger partial charge in [0.1, 0.15) is 22.2 Å². The van der Waals surface area contributed by atoms with Gasteiger partial charge in [-0.3, -0.25) is 24.8 Å². The number of thioether (sulfide) groups is 4. The first-order valence-corrected chi connectivity index (χ1v) is 15.2. The van der Waals surface area contributed by atoms with Crippen molar-refractivity contribution in [2.24, 2.45) is 20.0 Å². The lowest BCUT2D eigenvalue weighted by Gasteiger charge is -2.21. The van der Waals surface area contributed by atoms with Crippen LogP contribution in [0.15, 0.2) is 50.3 Å². The highest BCUT2D eigenvalue weighted by Crippen LogP contribution is 2.46. The molecule has 0 fully saturated rings. The third-order valence-electron chi connectivity index (χ3n) is 6.47. The van der Waals surface area contributed by atoms with Crippen LogP contribution >= 0.6 is 47.0 Å². The largest absolute Gasteiger partial charge is 0.357 e. The van der Waals surface area contributed by atoms with E-state index >= 15 is 0 Å². The summed E-state index contributed by atoms with van der Waals surface area (Å²) in [6, 6.07) is 10.4. The molecule has 10 heteroatoms. The summed E-state index contributed by atoms with van der Waals surface area (Å²) in [5.74, 6) is 3.21. The summed E-state index contributed by atoms with van der Waals surface area (Å²) < 4.78 is 0. The molecule has 5 rings (SSSR count). The Labute approximate surface area is 218 Å². The predicted molar refractivity (Wildman–Crippen MR) is 153 cm³/mol. The van der Waals surface area contributed by atoms with Gasteiger partial charge in [-0.05, 0) is 27.7 Å². The molecule has 34 heavy (non-hydrogen) atoms. The van der Waals surface area contributed by atoms with Crippen LogP contribution in [0.4, 0.5) is 0 Å². The first kappa shape index (κ1) is 24.5. The second kappa shape index (κ2) is 8.71. The van der Waals surface area contributed by atoms with Gasteiger partial charge in [0.05, 0.1) is 20.2 Å². The smallest absolute Gasteiger partial charge is 0.248 e. The number of carbonyl (C=O) groups excluding carboxylic acids is 1. The van der Waals surface area contributed by atoms with Gasteiger partial charge in [-0.2, -0.15) is 0 Å². The van der Waals surface area contributed by atoms with Crippen LogP contribution in [-0.2, 0) is 4.79 Å². The molecule has 4 atom stereocenters. The Balaban J connectivity index is 1.39. The van der Waals surface area contributed by atoms with E-state index in [4.69, 9.17) is 20.0 Å². The fraction of sp³-hybridized carbons (Fsp3) is 0.542. The third-order valence-corrected chi connectivity index (χ3v) is 12.3. The van der Waals surface area contributed by atoms with E-state index in [1.807, 2.05) is 36.5 Å². The molecule has 1 aromatic rings. The fourth-order valence-corrected chi connectivity index (χ4v) is 9.66. The number of amides is 1. The highest BCUT2D eigenvalue weighted by atomic mass is 32.2. The monoisotopic (exact) mass is 531 g/mol. The number of likely N-dealkylation sites (N-methyl/N-ethyl adjacent to an activating group) is 1. The molecule has 4 aliphatic rings. The molecule has 1 amide bonds. The molecule has 0 unspecified atom stereocenters. The number of aliphatic imine (C=N–C) groups is 4. The van der Waals surface area contributed by atoms with Crippen molar-refractivity contribution in [2.75, 3.05) is 30.1 Å². The standard InChI is InChI=1S/C24H29N5OS4/c1-21(17(30)25-5)11-32-19(27-21)23(3)13-34-20(29-23)24(4)14-33-18(28-24)22(2)12-31-16(26-22)15-9-7-6-8-10-15/h6-10H,11-14H2,1-5H3,(H,25,30)/t21-,22-,23-,24-/m0/s1. The maximum Gasteiger partial charge on any atom is 0.248 e. The van der Waals surface area contributed by atoms with E-state index in [9.17, 15) is 4.79 Å². The molecule has 0 saturated carbocycles. The van der Waals surface area contributed by atoms with Crippen molar-refractivity contribution in [1.82, 2.24) is 5.32 Å². The first-order valence-electron chi connectivity index (χ1n) is 11.3. The number of carbonyl (C=O) groups is 1. The summed E-state index contributed by atoms with van der Waals surface area (Å²) in [4.78, 5) is 32.7. The van der Waals surface area contributed by atoms with E-state index in [0.717, 1.165) is 37.4 Å². The van der Waals surface area contributed by atoms with Crippen molar-refractivity contribution in [3.8, 4) is 0 Å². The quantitative estimate of drug-likeness (QED) is 0.610. The molecule has 1 aromatic carbocycles. The highest BCUT2D eigenvalue weighted by Gasteiger charge is 2.50. The van der Waals surface area contributed by atoms with Crippen LogP contribution in [0.25, 0.3) is 0 Å². The Morgan fingerprint density at radius 3 is 1.82 bits per heavy atom. The van der Waals surface area contributed by atoms with Crippen molar-refractivity contribution in [3.05, 3.63) is 35.9 Å². The lowest BCUT2D eigenvalue weighted by atomic mass is 10.0. The van der Waals surface area contributed by atoms with Gasteiger partial charge in [-0.15, -0.1) is 47.0 Å². The zero-order valence-electron chi connectivity index (χ0n) is 20.0. The van der Waals surface area contributed by atoms with Gasteiger partial charge in [0.2, 0.25) is 5.91 Å². The SMILES string of the molecule is CNC(=O)[C@]1(C)CSC([C@]2(C)CSC([C@]3(C)CSC([C@]4(C)CSC(c5ccccc5)=N4)=N3)=N2)=N1. The van der Waals surface area contributed by atoms with Gasteiger partial charge in [0.25, 0.3) is 0 Å². The van der Waals surface area contributed by atoms with Crippen LogP contribution in [0.3, 0.4) is 0 Å². The highest BCUT2D eigenvalue weighted by molar-refractivity contribution is 8.17. The molecule has 6 nitrogen and oxygen atoms in total. The lowest BCUT2D eigenvalue weighted by Crippen LogP contribution is -2.42. The Bertz CT molecular complexity index is 1150. The van der Waals surface area contributed by atoms with Gasteiger partial charge in [-0.25, -0.2) is 0 Å². The topological polar surface area (TPSA) is 78.5 Å². The average molecular weight is 532 g/mol. The van der Waals surface area contributed by atoms with E-state index in [2.05, 4.69) is 50.4 Å². The molecule has 0 bridgehead atoms. The molecule has 1 N–H and O–H groups in total. The van der Waals surface area contributed by atoms with Crippen molar-refractivity contribution in [3.63, 3.8) is 0 Å². The normalized spacial score (nSPS) is 37.3. The maximum atomic E-state index is 12.3. The molecule has 0 spiro atoms. The van der Waals surface area contributed by atoms with Crippen molar-refractivity contribution >= 4 is 73.1 Å². The van der Waals surface area contributed by atoms with E-state index in [-0.39, 0.29) is 17.0 Å². The molecular formula is C24H29N5OS4. The van der Waals surface area contributed by atoms with E-state index in [1.165, 1.54) is 5.56 Å². The van der Waals surface area contributed by atoms with Crippen molar-refractivity contribution in [2.45, 2.75) is 49.9 Å². The lowest BCUT2D eigenvalue weighted by molar-refractivity contribution is -0.124. The Morgan fingerprint density at radius 2 is 1.24 bits per heavy atom. The van der Waals surface area contributed by atoms with E-state index in [1.54, 1.807) is 30.6 Å². The molecule has 180 valence electrons. The number of hydrogen-bond acceptors (Lipinski definition) is 9. The number of rotatable bonds is 5. The maximum absolute atomic E-state index is 12.3. The summed E-state index contributed by atoms with van der Waals surface area (Å²) >= 11 is 7.07. The molecule has 0 aliphatic carbocycles. The van der Waals surface area contributed by atoms with Crippen LogP contribution < -0.4 is 5.32 Å². The van der Waals surface area contributed by atoms with Gasteiger partial charge >= 0.3 is 0 Å². The van der Waals surface area contributed by atoms with Gasteiger partial charge in [0, 0.05) is 35.6 Å². The number of nitrogens with one attached hydrogen (secondary N) is 1. The summed E-state index contributed by atoms with van der Waals surface area (Å²) in [6.07, 6.45) is 0. The third kappa shape index (κ3) is 4.18.